The fourth-order valence-electron chi connectivity index (χ4n) is 3.61. The first-order valence-electron chi connectivity index (χ1n) is 10.7. The fourth-order valence-corrected chi connectivity index (χ4v) is 4.88. The van der Waals surface area contributed by atoms with E-state index in [1.54, 1.807) is 6.07 Å². The highest BCUT2D eigenvalue weighted by Gasteiger charge is 2.38. The van der Waals surface area contributed by atoms with Crippen LogP contribution >= 0.6 is 23.4 Å². The highest BCUT2D eigenvalue weighted by atomic mass is 35.5. The summed E-state index contributed by atoms with van der Waals surface area (Å²) in [5.74, 6) is 1.53. The van der Waals surface area contributed by atoms with Gasteiger partial charge in [0.25, 0.3) is 0 Å². The van der Waals surface area contributed by atoms with Crippen LogP contribution in [0.4, 0.5) is 5.69 Å². The normalized spacial score (nSPS) is 17.4. The summed E-state index contributed by atoms with van der Waals surface area (Å²) in [6, 6.07) is 13.0. The van der Waals surface area contributed by atoms with E-state index in [9.17, 15) is 4.79 Å². The van der Waals surface area contributed by atoms with Gasteiger partial charge in [0, 0.05) is 17.1 Å². The van der Waals surface area contributed by atoms with Gasteiger partial charge in [-0.1, -0.05) is 48.5 Å². The molecule has 0 saturated carbocycles. The molecule has 0 radical (unpaired) electrons. The van der Waals surface area contributed by atoms with Crippen LogP contribution in [-0.2, 0) is 11.2 Å². The van der Waals surface area contributed by atoms with Crippen LogP contribution in [0.1, 0.15) is 43.3 Å². The highest BCUT2D eigenvalue weighted by molar-refractivity contribution is 8.00. The molecule has 2 N–H and O–H groups in total. The van der Waals surface area contributed by atoms with Gasteiger partial charge in [0.2, 0.25) is 11.1 Å². The van der Waals surface area contributed by atoms with Crippen molar-refractivity contribution in [2.75, 3.05) is 17.3 Å². The van der Waals surface area contributed by atoms with Crippen LogP contribution in [0.2, 0.25) is 5.02 Å². The number of ether oxygens (including phenoxy) is 1. The molecule has 0 unspecified atom stereocenters. The second-order valence-electron chi connectivity index (χ2n) is 7.58. The molecule has 4 rings (SSSR count). The molecule has 1 aromatic heterocycles. The van der Waals surface area contributed by atoms with Gasteiger partial charge in [0.1, 0.15) is 11.0 Å². The topological polar surface area (TPSA) is 81.1 Å². The van der Waals surface area contributed by atoms with Crippen molar-refractivity contribution < 1.29 is 9.53 Å². The lowest BCUT2D eigenvalue weighted by molar-refractivity contribution is -0.116. The third kappa shape index (κ3) is 4.71. The van der Waals surface area contributed by atoms with Gasteiger partial charge < -0.3 is 15.5 Å². The van der Waals surface area contributed by atoms with Gasteiger partial charge in [-0.3, -0.25) is 4.79 Å². The van der Waals surface area contributed by atoms with E-state index in [1.807, 2.05) is 54.9 Å². The van der Waals surface area contributed by atoms with Crippen molar-refractivity contribution in [2.45, 2.75) is 50.1 Å². The molecule has 1 aliphatic rings. The number of nitrogens with zero attached hydrogens (tertiary/aromatic N) is 3. The SMILES string of the molecule is CCCc1nnc2n1N[C@@H](c1ccc(OCC)cc1)[C@H](C(=O)Nc1cc(Cl)ccc1C)S2. The third-order valence-electron chi connectivity index (χ3n) is 5.24. The summed E-state index contributed by atoms with van der Waals surface area (Å²) in [6.07, 6.45) is 1.76. The fraction of sp³-hybridized carbons (Fsp3) is 0.348. The number of carbonyl (C=O) groups is 1. The Morgan fingerprint density at radius 3 is 2.72 bits per heavy atom. The van der Waals surface area contributed by atoms with E-state index >= 15 is 0 Å². The van der Waals surface area contributed by atoms with Gasteiger partial charge in [0.15, 0.2) is 5.82 Å². The average molecular weight is 472 g/mol. The first-order valence-corrected chi connectivity index (χ1v) is 11.9. The molecular weight excluding hydrogens is 446 g/mol. The van der Waals surface area contributed by atoms with Crippen molar-refractivity contribution in [3.05, 3.63) is 64.4 Å². The Balaban J connectivity index is 1.66. The molecule has 3 aromatic rings. The number of aromatic nitrogens is 3. The largest absolute Gasteiger partial charge is 0.494 e. The maximum absolute atomic E-state index is 13.4. The van der Waals surface area contributed by atoms with Crippen LogP contribution in [0.3, 0.4) is 0 Å². The van der Waals surface area contributed by atoms with Gasteiger partial charge >= 0.3 is 0 Å². The van der Waals surface area contributed by atoms with Crippen LogP contribution in [0.25, 0.3) is 0 Å². The predicted molar refractivity (Wildman–Crippen MR) is 128 cm³/mol. The maximum Gasteiger partial charge on any atom is 0.240 e. The summed E-state index contributed by atoms with van der Waals surface area (Å²) >= 11 is 7.56. The maximum atomic E-state index is 13.4. The van der Waals surface area contributed by atoms with Crippen LogP contribution < -0.4 is 15.5 Å². The summed E-state index contributed by atoms with van der Waals surface area (Å²) in [5, 5.41) is 12.5. The Morgan fingerprint density at radius 1 is 1.22 bits per heavy atom. The van der Waals surface area contributed by atoms with Gasteiger partial charge in [0.05, 0.1) is 12.6 Å². The number of hydrogen-bond acceptors (Lipinski definition) is 6. The molecule has 2 aromatic carbocycles. The Morgan fingerprint density at radius 2 is 2.00 bits per heavy atom. The molecule has 0 fully saturated rings. The van der Waals surface area contributed by atoms with Crippen molar-refractivity contribution in [3.8, 4) is 5.75 Å². The van der Waals surface area contributed by atoms with Crippen molar-refractivity contribution in [1.82, 2.24) is 14.9 Å². The number of aryl methyl sites for hydroxylation is 2. The Labute approximate surface area is 196 Å². The number of rotatable bonds is 7. The van der Waals surface area contributed by atoms with Crippen molar-refractivity contribution in [3.63, 3.8) is 0 Å². The molecule has 1 amide bonds. The summed E-state index contributed by atoms with van der Waals surface area (Å²) in [7, 11) is 0. The van der Waals surface area contributed by atoms with E-state index in [2.05, 4.69) is 27.9 Å². The molecule has 0 spiro atoms. The van der Waals surface area contributed by atoms with E-state index in [0.717, 1.165) is 35.5 Å². The minimum Gasteiger partial charge on any atom is -0.494 e. The lowest BCUT2D eigenvalue weighted by atomic mass is 10.0. The molecule has 0 bridgehead atoms. The molecule has 32 heavy (non-hydrogen) atoms. The second-order valence-corrected chi connectivity index (χ2v) is 9.13. The van der Waals surface area contributed by atoms with E-state index in [0.29, 0.717) is 22.5 Å². The number of fused-ring (bicyclic) bond motifs is 1. The number of benzene rings is 2. The third-order valence-corrected chi connectivity index (χ3v) is 6.69. The summed E-state index contributed by atoms with van der Waals surface area (Å²) in [4.78, 5) is 13.4. The van der Waals surface area contributed by atoms with Crippen LogP contribution in [0.15, 0.2) is 47.6 Å². The van der Waals surface area contributed by atoms with Crippen LogP contribution in [0, 0.1) is 6.92 Å². The second kappa shape index (κ2) is 9.83. The smallest absolute Gasteiger partial charge is 0.240 e. The lowest BCUT2D eigenvalue weighted by Gasteiger charge is -2.33. The van der Waals surface area contributed by atoms with Gasteiger partial charge in [-0.05, 0) is 55.7 Å². The first-order chi connectivity index (χ1) is 15.5. The molecule has 168 valence electrons. The molecule has 2 heterocycles. The molecule has 9 heteroatoms. The van der Waals surface area contributed by atoms with E-state index in [4.69, 9.17) is 16.3 Å². The average Bonchev–Trinajstić information content (AvgIpc) is 3.18. The van der Waals surface area contributed by atoms with E-state index in [1.165, 1.54) is 11.8 Å². The number of halogens is 1. The summed E-state index contributed by atoms with van der Waals surface area (Å²) < 4.78 is 7.48. The van der Waals surface area contributed by atoms with Gasteiger partial charge in [-0.15, -0.1) is 10.2 Å². The number of thioether (sulfide) groups is 1. The van der Waals surface area contributed by atoms with Crippen molar-refractivity contribution in [1.29, 1.82) is 0 Å². The molecule has 0 aliphatic carbocycles. The number of amides is 1. The first kappa shape index (κ1) is 22.5. The number of carbonyl (C=O) groups excluding carboxylic acids is 1. The number of hydrogen-bond donors (Lipinski definition) is 2. The minimum atomic E-state index is -0.461. The lowest BCUT2D eigenvalue weighted by Crippen LogP contribution is -2.41. The zero-order valence-corrected chi connectivity index (χ0v) is 19.8. The zero-order chi connectivity index (χ0) is 22.7. The van der Waals surface area contributed by atoms with E-state index < -0.39 is 5.25 Å². The molecule has 2 atom stereocenters. The Bertz CT molecular complexity index is 1100. The van der Waals surface area contributed by atoms with Crippen LogP contribution in [0.5, 0.6) is 5.75 Å². The zero-order valence-electron chi connectivity index (χ0n) is 18.3. The number of nitrogens with one attached hydrogen (secondary N) is 2. The summed E-state index contributed by atoms with van der Waals surface area (Å²) in [5.41, 5.74) is 6.11. The molecule has 0 saturated heterocycles. The Kier molecular flexibility index (Phi) is 6.91. The van der Waals surface area contributed by atoms with Crippen molar-refractivity contribution in [2.24, 2.45) is 0 Å². The van der Waals surface area contributed by atoms with Gasteiger partial charge in [-0.25, -0.2) is 4.68 Å². The quantitative estimate of drug-likeness (QED) is 0.505. The predicted octanol–water partition coefficient (Wildman–Crippen LogP) is 4.99. The summed E-state index contributed by atoms with van der Waals surface area (Å²) in [6.45, 7) is 6.60. The molecule has 7 nitrogen and oxygen atoms in total. The standard InChI is InChI=1S/C23H26ClN5O2S/c1-4-6-19-26-27-23-29(19)28-20(15-8-11-17(12-9-15)31-5-2)21(32-23)22(30)25-18-13-16(24)10-7-14(18)3/h7-13,20-21,28H,4-6H2,1-3H3,(H,25,30)/t20-,21+/m0/s1. The minimum absolute atomic E-state index is 0.127. The molecular formula is C23H26ClN5O2S. The monoisotopic (exact) mass is 471 g/mol. The number of anilines is 1. The van der Waals surface area contributed by atoms with Crippen molar-refractivity contribution >= 4 is 35.0 Å². The van der Waals surface area contributed by atoms with Crippen LogP contribution in [-0.4, -0.2) is 32.6 Å². The Hall–Kier alpha value is -2.71. The highest BCUT2D eigenvalue weighted by Crippen LogP contribution is 2.38. The van der Waals surface area contributed by atoms with Gasteiger partial charge in [-0.2, -0.15) is 0 Å². The molecule has 1 aliphatic heterocycles. The van der Waals surface area contributed by atoms with E-state index in [-0.39, 0.29) is 11.9 Å².